The Kier molecular flexibility index (Phi) is 3.96. The van der Waals surface area contributed by atoms with Crippen molar-refractivity contribution in [1.82, 2.24) is 9.88 Å². The molecule has 2 aromatic carbocycles. The predicted octanol–water partition coefficient (Wildman–Crippen LogP) is 4.42. The highest BCUT2D eigenvalue weighted by Gasteiger charge is 2.21. The first-order chi connectivity index (χ1) is 12.1. The summed E-state index contributed by atoms with van der Waals surface area (Å²) in [6.07, 6.45) is 1.75. The Morgan fingerprint density at radius 1 is 1.00 bits per heavy atom. The van der Waals surface area contributed by atoms with Crippen LogP contribution in [0.3, 0.4) is 0 Å². The van der Waals surface area contributed by atoms with Crippen molar-refractivity contribution in [2.45, 2.75) is 26.7 Å². The van der Waals surface area contributed by atoms with Crippen LogP contribution in [0, 0.1) is 13.8 Å². The molecule has 4 nitrogen and oxygen atoms in total. The minimum Gasteiger partial charge on any atom is -0.358 e. The van der Waals surface area contributed by atoms with Crippen LogP contribution in [0.4, 0.5) is 10.5 Å². The zero-order valence-corrected chi connectivity index (χ0v) is 14.7. The molecular formula is C21H23N3O. The summed E-state index contributed by atoms with van der Waals surface area (Å²) in [6, 6.07) is 14.4. The number of nitrogens with zero attached hydrogens (tertiary/aromatic N) is 1. The molecule has 1 aliphatic rings. The normalized spacial score (nSPS) is 14.2. The topological polar surface area (TPSA) is 48.1 Å². The van der Waals surface area contributed by atoms with Crippen molar-refractivity contribution >= 4 is 22.6 Å². The van der Waals surface area contributed by atoms with E-state index in [4.69, 9.17) is 0 Å². The lowest BCUT2D eigenvalue weighted by Crippen LogP contribution is -2.36. The van der Waals surface area contributed by atoms with Gasteiger partial charge in [0.2, 0.25) is 0 Å². The van der Waals surface area contributed by atoms with E-state index < -0.39 is 0 Å². The molecule has 0 saturated heterocycles. The van der Waals surface area contributed by atoms with Gasteiger partial charge in [0.15, 0.2) is 0 Å². The average Bonchev–Trinajstić information content (AvgIpc) is 2.80. The van der Waals surface area contributed by atoms with Crippen molar-refractivity contribution < 1.29 is 4.79 Å². The number of H-pyrrole nitrogens is 1. The maximum Gasteiger partial charge on any atom is 0.321 e. The van der Waals surface area contributed by atoms with Crippen LogP contribution in [0.1, 0.15) is 22.4 Å². The third-order valence-corrected chi connectivity index (χ3v) is 5.00. The first kappa shape index (κ1) is 15.8. The summed E-state index contributed by atoms with van der Waals surface area (Å²) in [4.78, 5) is 18.1. The minimum absolute atomic E-state index is 0.0190. The maximum atomic E-state index is 12.6. The molecule has 1 aliphatic heterocycles. The van der Waals surface area contributed by atoms with Gasteiger partial charge in [-0.3, -0.25) is 0 Å². The molecule has 0 unspecified atom stereocenters. The van der Waals surface area contributed by atoms with E-state index in [1.807, 2.05) is 36.1 Å². The van der Waals surface area contributed by atoms with Gasteiger partial charge in [-0.1, -0.05) is 29.3 Å². The highest BCUT2D eigenvalue weighted by atomic mass is 16.2. The fraction of sp³-hybridized carbons (Fsp3) is 0.286. The molecule has 0 radical (unpaired) electrons. The van der Waals surface area contributed by atoms with Crippen LogP contribution in [0.25, 0.3) is 10.9 Å². The van der Waals surface area contributed by atoms with Crippen LogP contribution in [-0.2, 0) is 12.8 Å². The molecule has 0 fully saturated rings. The van der Waals surface area contributed by atoms with Crippen molar-refractivity contribution in [2.24, 2.45) is 0 Å². The Morgan fingerprint density at radius 3 is 2.52 bits per heavy atom. The Balaban J connectivity index is 1.50. The largest absolute Gasteiger partial charge is 0.358 e. The van der Waals surface area contributed by atoms with Crippen molar-refractivity contribution in [1.29, 1.82) is 0 Å². The third-order valence-electron chi connectivity index (χ3n) is 5.00. The highest BCUT2D eigenvalue weighted by Crippen LogP contribution is 2.27. The lowest BCUT2D eigenvalue weighted by atomic mass is 10.1. The number of carbonyl (C=O) groups is 1. The standard InChI is InChI=1S/C21H23N3O/c1-14-3-6-16(7-4-14)22-21(25)24-11-9-17-18-13-15(2)5-8-19(18)23-20(17)10-12-24/h3-8,13,23H,9-12H2,1-2H3,(H,22,25). The van der Waals surface area contributed by atoms with E-state index >= 15 is 0 Å². The molecule has 0 bridgehead atoms. The van der Waals surface area contributed by atoms with Crippen LogP contribution in [0.15, 0.2) is 42.5 Å². The van der Waals surface area contributed by atoms with E-state index in [9.17, 15) is 4.79 Å². The average molecular weight is 333 g/mol. The molecule has 0 aliphatic carbocycles. The summed E-state index contributed by atoms with van der Waals surface area (Å²) >= 11 is 0. The number of aromatic nitrogens is 1. The van der Waals surface area contributed by atoms with Crippen molar-refractivity contribution in [2.75, 3.05) is 18.4 Å². The number of aryl methyl sites for hydroxylation is 2. The van der Waals surface area contributed by atoms with Crippen LogP contribution in [0.5, 0.6) is 0 Å². The van der Waals surface area contributed by atoms with Crippen molar-refractivity contribution in [3.05, 3.63) is 64.8 Å². The minimum atomic E-state index is -0.0190. The van der Waals surface area contributed by atoms with Gasteiger partial charge in [-0.15, -0.1) is 0 Å². The van der Waals surface area contributed by atoms with E-state index in [1.54, 1.807) is 0 Å². The second-order valence-corrected chi connectivity index (χ2v) is 6.91. The second-order valence-electron chi connectivity index (χ2n) is 6.91. The smallest absolute Gasteiger partial charge is 0.321 e. The van der Waals surface area contributed by atoms with Crippen molar-refractivity contribution in [3.8, 4) is 0 Å². The van der Waals surface area contributed by atoms with E-state index in [0.29, 0.717) is 0 Å². The lowest BCUT2D eigenvalue weighted by molar-refractivity contribution is 0.214. The molecule has 3 aromatic rings. The van der Waals surface area contributed by atoms with Gasteiger partial charge >= 0.3 is 6.03 Å². The molecule has 4 heteroatoms. The lowest BCUT2D eigenvalue weighted by Gasteiger charge is -2.21. The van der Waals surface area contributed by atoms with Crippen molar-refractivity contribution in [3.63, 3.8) is 0 Å². The molecule has 4 rings (SSSR count). The maximum absolute atomic E-state index is 12.6. The highest BCUT2D eigenvalue weighted by molar-refractivity contribution is 5.90. The molecule has 1 aromatic heterocycles. The van der Waals surface area contributed by atoms with Gasteiger partial charge in [-0.2, -0.15) is 0 Å². The number of rotatable bonds is 1. The molecule has 128 valence electrons. The first-order valence-corrected chi connectivity index (χ1v) is 8.83. The van der Waals surface area contributed by atoms with E-state index in [1.165, 1.54) is 33.3 Å². The Morgan fingerprint density at radius 2 is 1.72 bits per heavy atom. The fourth-order valence-corrected chi connectivity index (χ4v) is 3.56. The Bertz CT molecular complexity index is 924. The molecule has 0 atom stereocenters. The van der Waals surface area contributed by atoms with E-state index in [0.717, 1.165) is 31.6 Å². The summed E-state index contributed by atoms with van der Waals surface area (Å²) < 4.78 is 0. The van der Waals surface area contributed by atoms with Gasteiger partial charge in [0.05, 0.1) is 0 Å². The molecule has 2 N–H and O–H groups in total. The SMILES string of the molecule is Cc1ccc(NC(=O)N2CCc3[nH]c4ccc(C)cc4c3CC2)cc1. The molecule has 0 saturated carbocycles. The number of carbonyl (C=O) groups excluding carboxylic acids is 1. The van der Waals surface area contributed by atoms with Crippen LogP contribution in [-0.4, -0.2) is 29.0 Å². The molecule has 2 amide bonds. The quantitative estimate of drug-likeness (QED) is 0.680. The number of hydrogen-bond acceptors (Lipinski definition) is 1. The summed E-state index contributed by atoms with van der Waals surface area (Å²) in [7, 11) is 0. The number of hydrogen-bond donors (Lipinski definition) is 2. The predicted molar refractivity (Wildman–Crippen MR) is 102 cm³/mol. The molecular weight excluding hydrogens is 310 g/mol. The van der Waals surface area contributed by atoms with Gasteiger partial charge in [0.25, 0.3) is 0 Å². The zero-order chi connectivity index (χ0) is 17.4. The monoisotopic (exact) mass is 333 g/mol. The zero-order valence-electron chi connectivity index (χ0n) is 14.7. The number of urea groups is 1. The molecule has 0 spiro atoms. The number of fused-ring (bicyclic) bond motifs is 3. The third kappa shape index (κ3) is 3.12. The van der Waals surface area contributed by atoms with Crippen LogP contribution < -0.4 is 5.32 Å². The van der Waals surface area contributed by atoms with Gasteiger partial charge < -0.3 is 15.2 Å². The molecule has 25 heavy (non-hydrogen) atoms. The summed E-state index contributed by atoms with van der Waals surface area (Å²) in [5.74, 6) is 0. The number of aromatic amines is 1. The second kappa shape index (κ2) is 6.28. The summed E-state index contributed by atoms with van der Waals surface area (Å²) in [5, 5.41) is 4.31. The first-order valence-electron chi connectivity index (χ1n) is 8.83. The number of amides is 2. The Labute approximate surface area is 147 Å². The Hall–Kier alpha value is -2.75. The van der Waals surface area contributed by atoms with Gasteiger partial charge in [0, 0.05) is 41.8 Å². The number of benzene rings is 2. The number of nitrogens with one attached hydrogen (secondary N) is 2. The van der Waals surface area contributed by atoms with Gasteiger partial charge in [-0.05, 0) is 50.1 Å². The fourth-order valence-electron chi connectivity index (χ4n) is 3.56. The van der Waals surface area contributed by atoms with Gasteiger partial charge in [0.1, 0.15) is 0 Å². The number of anilines is 1. The molecule has 2 heterocycles. The van der Waals surface area contributed by atoms with Crippen LogP contribution in [0.2, 0.25) is 0 Å². The van der Waals surface area contributed by atoms with E-state index in [-0.39, 0.29) is 6.03 Å². The summed E-state index contributed by atoms with van der Waals surface area (Å²) in [6.45, 7) is 5.64. The summed E-state index contributed by atoms with van der Waals surface area (Å²) in [5.41, 5.74) is 7.14. The van der Waals surface area contributed by atoms with E-state index in [2.05, 4.69) is 35.4 Å². The van der Waals surface area contributed by atoms with Gasteiger partial charge in [-0.25, -0.2) is 4.79 Å². The van der Waals surface area contributed by atoms with Crippen LogP contribution >= 0.6 is 0 Å².